The van der Waals surface area contributed by atoms with Gasteiger partial charge in [0, 0.05) is 34.3 Å². The Bertz CT molecular complexity index is 1630. The van der Waals surface area contributed by atoms with Crippen molar-refractivity contribution in [2.45, 2.75) is 119 Å². The van der Waals surface area contributed by atoms with Crippen LogP contribution >= 0.6 is 0 Å². The van der Waals surface area contributed by atoms with Gasteiger partial charge in [0.25, 0.3) is 0 Å². The third kappa shape index (κ3) is 5.02. The van der Waals surface area contributed by atoms with Crippen LogP contribution in [0.2, 0.25) is 0 Å². The Morgan fingerprint density at radius 1 is 1.10 bits per heavy atom. The molecule has 0 radical (unpaired) electrons. The van der Waals surface area contributed by atoms with Crippen LogP contribution in [0.1, 0.15) is 107 Å². The van der Waals surface area contributed by atoms with Crippen molar-refractivity contribution in [2.75, 3.05) is 19.8 Å². The average Bonchev–Trinajstić information content (AvgIpc) is 3.54. The van der Waals surface area contributed by atoms with Gasteiger partial charge in [0.15, 0.2) is 5.82 Å². The van der Waals surface area contributed by atoms with Gasteiger partial charge in [-0.1, -0.05) is 60.1 Å². The number of carbonyl (C=O) groups is 1. The molecule has 3 N–H and O–H groups in total. The first-order chi connectivity index (χ1) is 23.4. The number of aromatic nitrogens is 4. The van der Waals surface area contributed by atoms with Crippen LogP contribution in [0.5, 0.6) is 0 Å². The summed E-state index contributed by atoms with van der Waals surface area (Å²) in [6.07, 6.45) is 13.3. The first kappa shape index (κ1) is 35.8. The number of pyridine rings is 1. The van der Waals surface area contributed by atoms with Crippen molar-refractivity contribution in [1.82, 2.24) is 19.7 Å². The van der Waals surface area contributed by atoms with E-state index in [1.807, 2.05) is 26.0 Å². The maximum atomic E-state index is 13.5. The van der Waals surface area contributed by atoms with Crippen molar-refractivity contribution in [3.8, 4) is 11.4 Å². The van der Waals surface area contributed by atoms with Crippen LogP contribution in [0.25, 0.3) is 11.4 Å². The SMILES string of the molecule is CC(C)[C@@H](C)[C@@]1(C)CC[C@]2(C)[C@H]3CC[C@@H]4C5(COC[C@]4(C)[C@@H](OCC(C)(C)N)[C@H](n4ncnc4-c4ccncc4)C5)C3=CC[C@@]2(C)[C@@H]1C(=O)O. The summed E-state index contributed by atoms with van der Waals surface area (Å²) in [6.45, 7) is 22.0. The highest BCUT2D eigenvalue weighted by Crippen LogP contribution is 2.75. The fourth-order valence-corrected chi connectivity index (χ4v) is 12.6. The van der Waals surface area contributed by atoms with Crippen molar-refractivity contribution in [1.29, 1.82) is 0 Å². The summed E-state index contributed by atoms with van der Waals surface area (Å²) >= 11 is 0. The predicted octanol–water partition coefficient (Wildman–Crippen LogP) is 7.59. The molecule has 1 unspecified atom stereocenters. The number of nitrogens with two attached hydrogens (primary N) is 1. The van der Waals surface area contributed by atoms with E-state index in [9.17, 15) is 9.90 Å². The Balaban J connectivity index is 1.35. The summed E-state index contributed by atoms with van der Waals surface area (Å²) in [6, 6.07) is 3.89. The van der Waals surface area contributed by atoms with Crippen LogP contribution in [0.4, 0.5) is 0 Å². The highest BCUT2D eigenvalue weighted by Gasteiger charge is 2.72. The van der Waals surface area contributed by atoms with Gasteiger partial charge in [0.1, 0.15) is 6.33 Å². The molecule has 0 spiro atoms. The number of nitrogens with zero attached hydrogens (tertiary/aromatic N) is 4. The molecule has 11 atom stereocenters. The third-order valence-corrected chi connectivity index (χ3v) is 15.6. The van der Waals surface area contributed by atoms with E-state index in [1.54, 1.807) is 18.7 Å². The second-order valence-corrected chi connectivity index (χ2v) is 19.1. The summed E-state index contributed by atoms with van der Waals surface area (Å²) < 4.78 is 15.8. The summed E-state index contributed by atoms with van der Waals surface area (Å²) in [5.74, 6) is 1.16. The minimum atomic E-state index is -0.624. The number of hydrogen-bond donors (Lipinski definition) is 2. The normalized spacial score (nSPS) is 41.8. The van der Waals surface area contributed by atoms with E-state index in [0.717, 1.165) is 49.9 Å². The molecule has 3 heterocycles. The first-order valence-electron chi connectivity index (χ1n) is 19.1. The molecule has 3 saturated carbocycles. The van der Waals surface area contributed by atoms with Crippen LogP contribution in [0.15, 0.2) is 42.5 Å². The van der Waals surface area contributed by atoms with Gasteiger partial charge in [-0.25, -0.2) is 9.67 Å². The van der Waals surface area contributed by atoms with Crippen LogP contribution in [-0.2, 0) is 14.3 Å². The fourth-order valence-electron chi connectivity index (χ4n) is 12.6. The summed E-state index contributed by atoms with van der Waals surface area (Å²) in [5, 5.41) is 16.0. The van der Waals surface area contributed by atoms with Gasteiger partial charge in [-0.15, -0.1) is 0 Å². The van der Waals surface area contributed by atoms with E-state index in [-0.39, 0.29) is 39.2 Å². The van der Waals surface area contributed by atoms with Crippen molar-refractivity contribution >= 4 is 5.97 Å². The maximum absolute atomic E-state index is 13.5. The number of aliphatic carboxylic acids is 1. The molecule has 4 fully saturated rings. The Labute approximate surface area is 299 Å². The largest absolute Gasteiger partial charge is 0.481 e. The van der Waals surface area contributed by atoms with E-state index >= 15 is 0 Å². The van der Waals surface area contributed by atoms with E-state index in [1.165, 1.54) is 5.57 Å². The number of hydrogen-bond acceptors (Lipinski definition) is 7. The molecule has 7 rings (SSSR count). The van der Waals surface area contributed by atoms with Gasteiger partial charge in [-0.2, -0.15) is 5.10 Å². The molecule has 2 bridgehead atoms. The zero-order chi connectivity index (χ0) is 36.1. The number of carboxylic acids is 1. The van der Waals surface area contributed by atoms with Gasteiger partial charge in [0.05, 0.1) is 37.9 Å². The van der Waals surface area contributed by atoms with Gasteiger partial charge >= 0.3 is 5.97 Å². The average molecular weight is 688 g/mol. The molecule has 9 heteroatoms. The monoisotopic (exact) mass is 687 g/mol. The zero-order valence-electron chi connectivity index (χ0n) is 31.9. The Hall–Kier alpha value is -2.62. The highest BCUT2D eigenvalue weighted by molar-refractivity contribution is 5.73. The number of rotatable bonds is 8. The van der Waals surface area contributed by atoms with E-state index in [2.05, 4.69) is 64.2 Å². The van der Waals surface area contributed by atoms with Crippen molar-refractivity contribution < 1.29 is 19.4 Å². The molecule has 5 aliphatic rings. The predicted molar refractivity (Wildman–Crippen MR) is 194 cm³/mol. The van der Waals surface area contributed by atoms with Gasteiger partial charge < -0.3 is 20.3 Å². The maximum Gasteiger partial charge on any atom is 0.307 e. The number of ether oxygens (including phenoxy) is 2. The molecule has 1 saturated heterocycles. The molecule has 2 aromatic rings. The lowest BCUT2D eigenvalue weighted by molar-refractivity contribution is -0.251. The minimum Gasteiger partial charge on any atom is -0.481 e. The number of allylic oxidation sites excluding steroid dienone is 1. The zero-order valence-corrected chi connectivity index (χ0v) is 31.9. The standard InChI is InChI=1S/C41H61N5O4/c1-25(2)26(3)37(6)16-17-39(8)28-10-11-31-38(7)22-49-23-41(31,29(28)12-15-40(39,9)32(37)35(47)48)20-30(33(38)50-21-36(4,5)42)46-34(44-24-45-46)27-13-18-43-19-14-27/h12-14,18-19,24-26,28,30-33H,10-11,15-17,20-23,42H2,1-9H3,(H,47,48)/t26-,28+,30-,31+,32-,33+,37-,38+,39-,40+,41?/m1/s1. The summed E-state index contributed by atoms with van der Waals surface area (Å²) in [4.78, 5) is 22.6. The number of fused-ring (bicyclic) bond motifs is 3. The summed E-state index contributed by atoms with van der Waals surface area (Å²) in [7, 11) is 0. The quantitative estimate of drug-likeness (QED) is 0.272. The lowest BCUT2D eigenvalue weighted by Gasteiger charge is -2.71. The highest BCUT2D eigenvalue weighted by atomic mass is 16.5. The first-order valence-corrected chi connectivity index (χ1v) is 19.1. The molecule has 4 aliphatic carbocycles. The molecule has 1 aliphatic heterocycles. The van der Waals surface area contributed by atoms with Crippen molar-refractivity contribution in [3.63, 3.8) is 0 Å². The Morgan fingerprint density at radius 3 is 2.48 bits per heavy atom. The molecule has 0 amide bonds. The fraction of sp³-hybridized carbons (Fsp3) is 0.756. The molecular weight excluding hydrogens is 626 g/mol. The lowest BCUT2D eigenvalue weighted by Crippen LogP contribution is -2.69. The lowest BCUT2D eigenvalue weighted by atomic mass is 9.34. The molecule has 9 nitrogen and oxygen atoms in total. The molecule has 0 aromatic carbocycles. The topological polar surface area (TPSA) is 125 Å². The molecular formula is C41H61N5O4. The minimum absolute atomic E-state index is 0.0951. The van der Waals surface area contributed by atoms with Crippen LogP contribution < -0.4 is 5.73 Å². The second-order valence-electron chi connectivity index (χ2n) is 19.1. The Morgan fingerprint density at radius 2 is 1.82 bits per heavy atom. The van der Waals surface area contributed by atoms with Crippen LogP contribution in [0.3, 0.4) is 0 Å². The van der Waals surface area contributed by atoms with E-state index in [0.29, 0.717) is 43.5 Å². The third-order valence-electron chi connectivity index (χ3n) is 15.6. The van der Waals surface area contributed by atoms with Crippen molar-refractivity contribution in [3.05, 3.63) is 42.5 Å². The van der Waals surface area contributed by atoms with Gasteiger partial charge in [-0.05, 0) is 104 Å². The van der Waals surface area contributed by atoms with Gasteiger partial charge in [0.2, 0.25) is 0 Å². The van der Waals surface area contributed by atoms with Crippen LogP contribution in [-0.4, -0.2) is 62.3 Å². The van der Waals surface area contributed by atoms with Crippen LogP contribution in [0, 0.1) is 56.7 Å². The molecule has 50 heavy (non-hydrogen) atoms. The molecule has 2 aromatic heterocycles. The summed E-state index contributed by atoms with van der Waals surface area (Å²) in [5.41, 5.74) is 7.27. The molecule has 274 valence electrons. The van der Waals surface area contributed by atoms with E-state index < -0.39 is 17.4 Å². The van der Waals surface area contributed by atoms with E-state index in [4.69, 9.17) is 25.3 Å². The number of carboxylic acid groups (broad SMARTS) is 1. The Kier molecular flexibility index (Phi) is 8.55. The second kappa shape index (κ2) is 12.0. The van der Waals surface area contributed by atoms with Crippen molar-refractivity contribution in [2.24, 2.45) is 62.4 Å². The van der Waals surface area contributed by atoms with Gasteiger partial charge in [-0.3, -0.25) is 9.78 Å². The smallest absolute Gasteiger partial charge is 0.307 e.